The van der Waals surface area contributed by atoms with Crippen LogP contribution >= 0.6 is 0 Å². The molecule has 0 atom stereocenters. The molecule has 8 heteroatoms. The third-order valence-electron chi connectivity index (χ3n) is 6.04. The first-order chi connectivity index (χ1) is 13.1. The minimum Gasteiger partial charge on any atom is -0.496 e. The monoisotopic (exact) mass is 402 g/mol. The second kappa shape index (κ2) is 7.81. The molecule has 5 nitrogen and oxygen atoms in total. The Bertz CT molecular complexity index is 708. The van der Waals surface area contributed by atoms with Gasteiger partial charge in [0, 0.05) is 12.0 Å². The fraction of sp³-hybridized carbons (Fsp3) is 0.650. The van der Waals surface area contributed by atoms with Gasteiger partial charge in [-0.05, 0) is 68.6 Å². The highest BCUT2D eigenvalue weighted by Crippen LogP contribution is 2.60. The first kappa shape index (κ1) is 20.8. The highest BCUT2D eigenvalue weighted by Gasteiger charge is 2.54. The molecule has 0 unspecified atom stereocenters. The van der Waals surface area contributed by atoms with Crippen LogP contribution in [0.5, 0.6) is 11.5 Å². The summed E-state index contributed by atoms with van der Waals surface area (Å²) in [7, 11) is 1.46. The van der Waals surface area contributed by atoms with Crippen molar-refractivity contribution in [2.45, 2.75) is 69.9 Å². The van der Waals surface area contributed by atoms with Gasteiger partial charge < -0.3 is 19.3 Å². The van der Waals surface area contributed by atoms with Crippen molar-refractivity contribution in [3.63, 3.8) is 0 Å². The van der Waals surface area contributed by atoms with Crippen LogP contribution in [0.2, 0.25) is 0 Å². The molecule has 0 radical (unpaired) electrons. The summed E-state index contributed by atoms with van der Waals surface area (Å²) >= 11 is 0. The molecule has 1 aromatic rings. The molecule has 0 amide bonds. The number of fused-ring (bicyclic) bond motifs is 2. The van der Waals surface area contributed by atoms with Crippen molar-refractivity contribution < 1.29 is 37.3 Å². The predicted octanol–water partition coefficient (Wildman–Crippen LogP) is 5.07. The van der Waals surface area contributed by atoms with Crippen LogP contribution in [0, 0.1) is 5.41 Å². The standard InChI is InChI=1S/C20H25F3O5/c1-26-16-5-4-15(28-20(21,22)23)11-14(16)12-27-19-9-7-18(13-19,8-10-19)6-2-3-17(24)25/h4-5,11H,2-3,6-10,12-13H2,1H3,(H,24,25). The van der Waals surface area contributed by atoms with Crippen LogP contribution in [-0.2, 0) is 16.1 Å². The van der Waals surface area contributed by atoms with Gasteiger partial charge in [-0.15, -0.1) is 13.2 Å². The van der Waals surface area contributed by atoms with Gasteiger partial charge in [0.05, 0.1) is 19.3 Å². The quantitative estimate of drug-likeness (QED) is 0.625. The van der Waals surface area contributed by atoms with E-state index >= 15 is 0 Å². The van der Waals surface area contributed by atoms with Crippen molar-refractivity contribution in [3.8, 4) is 11.5 Å². The predicted molar refractivity (Wildman–Crippen MR) is 94.2 cm³/mol. The molecule has 2 aliphatic carbocycles. The number of carboxylic acid groups (broad SMARTS) is 1. The SMILES string of the molecule is COc1ccc(OC(F)(F)F)cc1COC12CCC(CCCC(=O)O)(CC1)C2. The maximum atomic E-state index is 12.5. The minimum absolute atomic E-state index is 0.140. The summed E-state index contributed by atoms with van der Waals surface area (Å²) in [4.78, 5) is 10.8. The molecule has 2 fully saturated rings. The molecule has 156 valence electrons. The highest BCUT2D eigenvalue weighted by molar-refractivity contribution is 5.66. The van der Waals surface area contributed by atoms with E-state index in [1.54, 1.807) is 0 Å². The number of rotatable bonds is 9. The molecule has 3 rings (SSSR count). The lowest BCUT2D eigenvalue weighted by atomic mass is 9.80. The Labute approximate surface area is 161 Å². The maximum absolute atomic E-state index is 12.5. The number of carbonyl (C=O) groups is 1. The van der Waals surface area contributed by atoms with Crippen LogP contribution in [0.1, 0.15) is 56.9 Å². The largest absolute Gasteiger partial charge is 0.573 e. The Balaban J connectivity index is 1.63. The Morgan fingerprint density at radius 3 is 2.54 bits per heavy atom. The summed E-state index contributed by atoms with van der Waals surface area (Å²) in [6, 6.07) is 3.95. The number of benzene rings is 1. The number of alkyl halides is 3. The van der Waals surface area contributed by atoms with E-state index in [1.807, 2.05) is 0 Å². The Hall–Kier alpha value is -1.96. The number of carboxylic acids is 1. The molecule has 2 bridgehead atoms. The van der Waals surface area contributed by atoms with Crippen molar-refractivity contribution >= 4 is 5.97 Å². The second-order valence-corrected chi connectivity index (χ2v) is 7.92. The summed E-state index contributed by atoms with van der Waals surface area (Å²) in [5.41, 5.74) is 0.365. The molecular formula is C20H25F3O5. The fourth-order valence-corrected chi connectivity index (χ4v) is 4.72. The average Bonchev–Trinajstić information content (AvgIpc) is 3.15. The lowest BCUT2D eigenvalue weighted by molar-refractivity contribution is -0.274. The topological polar surface area (TPSA) is 65.0 Å². The average molecular weight is 402 g/mol. The summed E-state index contributed by atoms with van der Waals surface area (Å²) < 4.78 is 52.9. The number of aliphatic carboxylic acids is 1. The van der Waals surface area contributed by atoms with Gasteiger partial charge in [0.1, 0.15) is 11.5 Å². The number of hydrogen-bond acceptors (Lipinski definition) is 4. The van der Waals surface area contributed by atoms with E-state index in [0.29, 0.717) is 17.7 Å². The second-order valence-electron chi connectivity index (χ2n) is 7.92. The van der Waals surface area contributed by atoms with E-state index in [-0.39, 0.29) is 29.8 Å². The normalized spacial score (nSPS) is 26.4. The van der Waals surface area contributed by atoms with E-state index in [2.05, 4.69) is 4.74 Å². The molecule has 2 aliphatic rings. The van der Waals surface area contributed by atoms with Crippen molar-refractivity contribution in [2.75, 3.05) is 7.11 Å². The zero-order valence-electron chi connectivity index (χ0n) is 15.8. The minimum atomic E-state index is -4.75. The van der Waals surface area contributed by atoms with Gasteiger partial charge in [0.2, 0.25) is 0 Å². The third kappa shape index (κ3) is 4.90. The van der Waals surface area contributed by atoms with E-state index < -0.39 is 12.3 Å². The van der Waals surface area contributed by atoms with E-state index in [9.17, 15) is 18.0 Å². The lowest BCUT2D eigenvalue weighted by Crippen LogP contribution is -2.26. The molecule has 0 spiro atoms. The van der Waals surface area contributed by atoms with Crippen molar-refractivity contribution in [3.05, 3.63) is 23.8 Å². The Kier molecular flexibility index (Phi) is 5.79. The third-order valence-corrected chi connectivity index (χ3v) is 6.04. The molecule has 0 heterocycles. The number of halogens is 3. The fourth-order valence-electron chi connectivity index (χ4n) is 4.72. The molecule has 0 aliphatic heterocycles. The molecule has 1 N–H and O–H groups in total. The lowest BCUT2D eigenvalue weighted by Gasteiger charge is -2.28. The van der Waals surface area contributed by atoms with Crippen LogP contribution in [0.4, 0.5) is 13.2 Å². The van der Waals surface area contributed by atoms with Crippen LogP contribution in [0.15, 0.2) is 18.2 Å². The van der Waals surface area contributed by atoms with Gasteiger partial charge >= 0.3 is 12.3 Å². The summed E-state index contributed by atoms with van der Waals surface area (Å²) in [6.45, 7) is 0.142. The number of ether oxygens (including phenoxy) is 3. The summed E-state index contributed by atoms with van der Waals surface area (Å²) in [6.07, 6.45) is 1.63. The number of hydrogen-bond donors (Lipinski definition) is 1. The van der Waals surface area contributed by atoms with E-state index in [0.717, 1.165) is 38.5 Å². The van der Waals surface area contributed by atoms with Gasteiger partial charge in [-0.2, -0.15) is 0 Å². The van der Waals surface area contributed by atoms with E-state index in [1.165, 1.54) is 25.3 Å². The highest BCUT2D eigenvalue weighted by atomic mass is 19.4. The molecule has 1 aromatic carbocycles. The summed E-state index contributed by atoms with van der Waals surface area (Å²) in [5.74, 6) is -0.622. The van der Waals surface area contributed by atoms with Gasteiger partial charge in [-0.25, -0.2) is 0 Å². The van der Waals surface area contributed by atoms with Gasteiger partial charge in [-0.1, -0.05) is 0 Å². The van der Waals surface area contributed by atoms with Crippen LogP contribution < -0.4 is 9.47 Å². The first-order valence-corrected chi connectivity index (χ1v) is 9.43. The molecule has 2 saturated carbocycles. The van der Waals surface area contributed by atoms with Gasteiger partial charge in [0.15, 0.2) is 0 Å². The van der Waals surface area contributed by atoms with Crippen molar-refractivity contribution in [1.29, 1.82) is 0 Å². The Morgan fingerprint density at radius 1 is 1.21 bits per heavy atom. The zero-order valence-corrected chi connectivity index (χ0v) is 15.8. The Morgan fingerprint density at radius 2 is 1.93 bits per heavy atom. The van der Waals surface area contributed by atoms with Crippen LogP contribution in [0.3, 0.4) is 0 Å². The van der Waals surface area contributed by atoms with E-state index in [4.69, 9.17) is 14.6 Å². The van der Waals surface area contributed by atoms with Crippen molar-refractivity contribution in [1.82, 2.24) is 0 Å². The van der Waals surface area contributed by atoms with Crippen LogP contribution in [-0.4, -0.2) is 30.1 Å². The first-order valence-electron chi connectivity index (χ1n) is 9.43. The van der Waals surface area contributed by atoms with Gasteiger partial charge in [0.25, 0.3) is 0 Å². The number of methoxy groups -OCH3 is 1. The zero-order chi connectivity index (χ0) is 20.4. The van der Waals surface area contributed by atoms with Crippen molar-refractivity contribution in [2.24, 2.45) is 5.41 Å². The summed E-state index contributed by atoms with van der Waals surface area (Å²) in [5, 5.41) is 8.84. The maximum Gasteiger partial charge on any atom is 0.573 e. The van der Waals surface area contributed by atoms with Crippen LogP contribution in [0.25, 0.3) is 0 Å². The smallest absolute Gasteiger partial charge is 0.496 e. The molecule has 0 aromatic heterocycles. The molecular weight excluding hydrogens is 377 g/mol. The molecule has 28 heavy (non-hydrogen) atoms. The van der Waals surface area contributed by atoms with Gasteiger partial charge in [-0.3, -0.25) is 4.79 Å². The molecule has 0 saturated heterocycles.